The van der Waals surface area contributed by atoms with E-state index in [1.165, 1.54) is 0 Å². The van der Waals surface area contributed by atoms with Crippen LogP contribution in [-0.2, 0) is 16.5 Å². The van der Waals surface area contributed by atoms with Crippen LogP contribution >= 0.6 is 0 Å². The van der Waals surface area contributed by atoms with E-state index in [9.17, 15) is 13.0 Å². The topological polar surface area (TPSA) is 57.2 Å². The fourth-order valence-corrected chi connectivity index (χ4v) is 2.24. The highest BCUT2D eigenvalue weighted by Gasteiger charge is 2.07. The Kier molecular flexibility index (Phi) is 3.66. The van der Waals surface area contributed by atoms with Crippen LogP contribution in [0.3, 0.4) is 0 Å². The van der Waals surface area contributed by atoms with E-state index in [-0.39, 0.29) is 11.7 Å². The summed E-state index contributed by atoms with van der Waals surface area (Å²) in [6.07, 6.45) is 0.627. The van der Waals surface area contributed by atoms with Crippen molar-refractivity contribution >= 4 is 10.1 Å². The smallest absolute Gasteiger partial charge is 0.0948 e. The van der Waals surface area contributed by atoms with E-state index in [1.807, 2.05) is 30.3 Å². The van der Waals surface area contributed by atoms with Crippen molar-refractivity contribution in [2.24, 2.45) is 5.92 Å². The molecule has 0 radical (unpaired) electrons. The summed E-state index contributed by atoms with van der Waals surface area (Å²) in [6, 6.07) is 9.54. The Bertz CT molecular complexity index is 370. The highest BCUT2D eigenvalue weighted by Crippen LogP contribution is 2.09. The fraction of sp³-hybridized carbons (Fsp3) is 0.400. The molecule has 1 aromatic carbocycles. The number of hydrogen-bond acceptors (Lipinski definition) is 3. The molecule has 0 N–H and O–H groups in total. The average Bonchev–Trinajstić information content (AvgIpc) is 2.02. The number of benzene rings is 1. The van der Waals surface area contributed by atoms with Gasteiger partial charge in [-0.15, -0.1) is 0 Å². The molecule has 3 nitrogen and oxygen atoms in total. The molecule has 78 valence electrons. The molecular formula is C10H13O3S-. The van der Waals surface area contributed by atoms with E-state index < -0.39 is 10.1 Å². The van der Waals surface area contributed by atoms with Crippen LogP contribution in [0.2, 0.25) is 0 Å². The Balaban J connectivity index is 2.54. The molecule has 4 heteroatoms. The van der Waals surface area contributed by atoms with Crippen LogP contribution in [-0.4, -0.2) is 18.7 Å². The molecule has 0 heterocycles. The molecule has 0 saturated heterocycles. The Hall–Kier alpha value is -0.870. The molecule has 0 spiro atoms. The number of rotatable bonds is 4. The van der Waals surface area contributed by atoms with Gasteiger partial charge in [-0.1, -0.05) is 37.3 Å². The molecule has 0 bridgehead atoms. The molecule has 0 aliphatic heterocycles. The molecule has 0 saturated carbocycles. The summed E-state index contributed by atoms with van der Waals surface area (Å²) in [5, 5.41) is 0. The Morgan fingerprint density at radius 3 is 2.36 bits per heavy atom. The van der Waals surface area contributed by atoms with Gasteiger partial charge in [-0.2, -0.15) is 0 Å². The first-order valence-electron chi connectivity index (χ1n) is 4.45. The zero-order valence-electron chi connectivity index (χ0n) is 8.01. The highest BCUT2D eigenvalue weighted by molar-refractivity contribution is 7.85. The molecule has 0 amide bonds. The summed E-state index contributed by atoms with van der Waals surface area (Å²) in [5.74, 6) is -0.415. The maximum atomic E-state index is 10.5. The van der Waals surface area contributed by atoms with Gasteiger partial charge < -0.3 is 4.55 Å². The van der Waals surface area contributed by atoms with Gasteiger partial charge in [0.1, 0.15) is 0 Å². The lowest BCUT2D eigenvalue weighted by molar-refractivity contribution is 0.450. The monoisotopic (exact) mass is 213 g/mol. The van der Waals surface area contributed by atoms with Crippen LogP contribution < -0.4 is 0 Å². The maximum absolute atomic E-state index is 10.5. The van der Waals surface area contributed by atoms with Crippen LogP contribution in [0.15, 0.2) is 30.3 Å². The van der Waals surface area contributed by atoms with Gasteiger partial charge in [0.2, 0.25) is 0 Å². The van der Waals surface area contributed by atoms with E-state index in [2.05, 4.69) is 0 Å². The van der Waals surface area contributed by atoms with Crippen LogP contribution in [0.25, 0.3) is 0 Å². The number of hydrogen-bond donors (Lipinski definition) is 0. The zero-order chi connectivity index (χ0) is 10.6. The second-order valence-electron chi connectivity index (χ2n) is 3.52. The van der Waals surface area contributed by atoms with Gasteiger partial charge in [0.15, 0.2) is 0 Å². The highest BCUT2D eigenvalue weighted by atomic mass is 32.2. The first-order valence-corrected chi connectivity index (χ1v) is 6.02. The zero-order valence-corrected chi connectivity index (χ0v) is 8.83. The molecule has 1 unspecified atom stereocenters. The van der Waals surface area contributed by atoms with Crippen molar-refractivity contribution in [3.05, 3.63) is 35.9 Å². The van der Waals surface area contributed by atoms with Crippen molar-refractivity contribution in [3.8, 4) is 0 Å². The summed E-state index contributed by atoms with van der Waals surface area (Å²) in [5.41, 5.74) is 1.06. The Morgan fingerprint density at radius 1 is 1.29 bits per heavy atom. The third kappa shape index (κ3) is 4.39. The maximum Gasteiger partial charge on any atom is 0.0948 e. The molecule has 1 atom stereocenters. The van der Waals surface area contributed by atoms with Crippen LogP contribution in [0, 0.1) is 5.92 Å². The van der Waals surface area contributed by atoms with E-state index in [0.29, 0.717) is 6.42 Å². The molecule has 14 heavy (non-hydrogen) atoms. The lowest BCUT2D eigenvalue weighted by atomic mass is 10.0. The minimum absolute atomic E-state index is 0.125. The average molecular weight is 213 g/mol. The fourth-order valence-electron chi connectivity index (χ4n) is 1.42. The quantitative estimate of drug-likeness (QED) is 0.710. The van der Waals surface area contributed by atoms with Gasteiger partial charge in [-0.25, -0.2) is 8.42 Å². The van der Waals surface area contributed by atoms with Crippen molar-refractivity contribution in [2.75, 3.05) is 5.75 Å². The normalized spacial score (nSPS) is 13.9. The van der Waals surface area contributed by atoms with Crippen LogP contribution in [0.4, 0.5) is 0 Å². The first-order chi connectivity index (χ1) is 6.47. The molecular weight excluding hydrogens is 200 g/mol. The van der Waals surface area contributed by atoms with Gasteiger partial charge in [-0.05, 0) is 17.9 Å². The van der Waals surface area contributed by atoms with Crippen molar-refractivity contribution in [2.45, 2.75) is 13.3 Å². The lowest BCUT2D eigenvalue weighted by Gasteiger charge is -2.13. The van der Waals surface area contributed by atoms with Gasteiger partial charge >= 0.3 is 0 Å². The predicted octanol–water partition coefficient (Wildman–Crippen LogP) is 1.41. The van der Waals surface area contributed by atoms with E-state index in [1.54, 1.807) is 6.92 Å². The summed E-state index contributed by atoms with van der Waals surface area (Å²) in [4.78, 5) is 0. The van der Waals surface area contributed by atoms with Gasteiger partial charge in [-0.3, -0.25) is 0 Å². The van der Waals surface area contributed by atoms with Gasteiger partial charge in [0.05, 0.1) is 10.1 Å². The van der Waals surface area contributed by atoms with E-state index >= 15 is 0 Å². The third-order valence-electron chi connectivity index (χ3n) is 1.92. The standard InChI is InChI=1S/C10H14O3S/c1-9(8-14(11,12)13)7-10-5-3-2-4-6-10/h2-6,9H,7-8H2,1H3,(H,11,12,13)/p-1. The minimum Gasteiger partial charge on any atom is -0.748 e. The second-order valence-corrected chi connectivity index (χ2v) is 4.97. The summed E-state index contributed by atoms with van der Waals surface area (Å²) >= 11 is 0. The predicted molar refractivity (Wildman–Crippen MR) is 53.9 cm³/mol. The Labute approximate surface area is 84.5 Å². The summed E-state index contributed by atoms with van der Waals surface area (Å²) < 4.78 is 31.4. The lowest BCUT2D eigenvalue weighted by Crippen LogP contribution is -2.14. The second kappa shape index (κ2) is 4.57. The minimum atomic E-state index is -4.09. The van der Waals surface area contributed by atoms with Crippen molar-refractivity contribution < 1.29 is 13.0 Å². The van der Waals surface area contributed by atoms with Crippen molar-refractivity contribution in [1.82, 2.24) is 0 Å². The van der Waals surface area contributed by atoms with Crippen molar-refractivity contribution in [3.63, 3.8) is 0 Å². The first kappa shape index (κ1) is 11.2. The molecule has 1 aromatic rings. The van der Waals surface area contributed by atoms with Crippen LogP contribution in [0.5, 0.6) is 0 Å². The van der Waals surface area contributed by atoms with Gasteiger partial charge in [0, 0.05) is 5.75 Å². The molecule has 0 aliphatic carbocycles. The SMILES string of the molecule is CC(Cc1ccccc1)CS(=O)(=O)[O-]. The molecule has 0 aliphatic rings. The molecule has 0 fully saturated rings. The largest absolute Gasteiger partial charge is 0.748 e. The molecule has 1 rings (SSSR count). The Morgan fingerprint density at radius 2 is 1.86 bits per heavy atom. The third-order valence-corrected chi connectivity index (χ3v) is 2.89. The summed E-state index contributed by atoms with van der Waals surface area (Å²) in [7, 11) is -4.09. The molecule has 0 aromatic heterocycles. The van der Waals surface area contributed by atoms with E-state index in [4.69, 9.17) is 0 Å². The van der Waals surface area contributed by atoms with Gasteiger partial charge in [0.25, 0.3) is 0 Å². The van der Waals surface area contributed by atoms with E-state index in [0.717, 1.165) is 5.56 Å². The summed E-state index contributed by atoms with van der Waals surface area (Å²) in [6.45, 7) is 1.77. The van der Waals surface area contributed by atoms with Crippen molar-refractivity contribution in [1.29, 1.82) is 0 Å². The van der Waals surface area contributed by atoms with Crippen LogP contribution in [0.1, 0.15) is 12.5 Å².